The first-order chi connectivity index (χ1) is 15.2. The maximum absolute atomic E-state index is 6.25. The topological polar surface area (TPSA) is 6.48 Å². The summed E-state index contributed by atoms with van der Waals surface area (Å²) in [6, 6.07) is 29.3. The van der Waals surface area contributed by atoms with Crippen LogP contribution in [0.25, 0.3) is 0 Å². The number of benzene rings is 3. The van der Waals surface area contributed by atoms with Crippen LogP contribution in [0, 0.1) is 0 Å². The van der Waals surface area contributed by atoms with Crippen molar-refractivity contribution in [1.82, 2.24) is 9.80 Å². The highest BCUT2D eigenvalue weighted by Gasteiger charge is 2.39. The zero-order chi connectivity index (χ0) is 21.2. The van der Waals surface area contributed by atoms with Crippen molar-refractivity contribution in [3.8, 4) is 0 Å². The second-order valence-corrected chi connectivity index (χ2v) is 9.63. The van der Waals surface area contributed by atoms with Crippen LogP contribution in [0.4, 0.5) is 0 Å². The van der Waals surface area contributed by atoms with Gasteiger partial charge in [0, 0.05) is 44.2 Å². The molecule has 2 saturated heterocycles. The van der Waals surface area contributed by atoms with Crippen molar-refractivity contribution in [1.29, 1.82) is 0 Å². The summed E-state index contributed by atoms with van der Waals surface area (Å²) in [5, 5.41) is 1.28. The van der Waals surface area contributed by atoms with Crippen molar-refractivity contribution in [3.05, 3.63) is 106 Å². The van der Waals surface area contributed by atoms with Crippen LogP contribution in [0.2, 0.25) is 10.0 Å². The molecule has 5 rings (SSSR count). The fourth-order valence-electron chi connectivity index (χ4n) is 5.45. The van der Waals surface area contributed by atoms with E-state index in [2.05, 4.69) is 76.5 Å². The Morgan fingerprint density at radius 2 is 1.45 bits per heavy atom. The molecule has 0 aromatic heterocycles. The summed E-state index contributed by atoms with van der Waals surface area (Å²) in [6.45, 7) is 4.29. The van der Waals surface area contributed by atoms with Gasteiger partial charge in [0.15, 0.2) is 0 Å². The Bertz CT molecular complexity index is 969. The summed E-state index contributed by atoms with van der Waals surface area (Å²) in [5.74, 6) is 0.421. The van der Waals surface area contributed by atoms with Crippen LogP contribution in [0.3, 0.4) is 0 Å². The van der Waals surface area contributed by atoms with E-state index in [0.717, 1.165) is 26.2 Å². The van der Waals surface area contributed by atoms with Crippen molar-refractivity contribution in [3.63, 3.8) is 0 Å². The monoisotopic (exact) mass is 450 g/mol. The molecule has 3 aromatic carbocycles. The van der Waals surface area contributed by atoms with Crippen molar-refractivity contribution in [2.75, 3.05) is 19.6 Å². The van der Waals surface area contributed by atoms with Crippen LogP contribution in [-0.2, 0) is 6.54 Å². The standard InChI is InChI=1S/C27H28Cl2N2/c28-24-13-11-20(17-25(24)29)18-30-15-16-31-19-23(30)12-14-26(31)27(21-7-3-1-4-8-21)22-9-5-2-6-10-22/h1-11,13,17,23,26-27H,12,14-16,18-19H2/t23-,26-/m1/s1. The molecule has 2 fully saturated rings. The number of nitrogens with zero attached hydrogens (tertiary/aromatic N) is 2. The van der Waals surface area contributed by atoms with Gasteiger partial charge in [0.25, 0.3) is 0 Å². The Morgan fingerprint density at radius 3 is 2.10 bits per heavy atom. The van der Waals surface area contributed by atoms with E-state index >= 15 is 0 Å². The molecule has 2 heterocycles. The summed E-state index contributed by atoms with van der Waals surface area (Å²) >= 11 is 12.3. The minimum atomic E-state index is 0.421. The van der Waals surface area contributed by atoms with Crippen LogP contribution < -0.4 is 0 Å². The maximum atomic E-state index is 6.25. The lowest BCUT2D eigenvalue weighted by atomic mass is 9.79. The summed E-state index contributed by atoms with van der Waals surface area (Å²) in [6.07, 6.45) is 2.45. The van der Waals surface area contributed by atoms with Crippen molar-refractivity contribution in [2.24, 2.45) is 0 Å². The van der Waals surface area contributed by atoms with Gasteiger partial charge in [-0.05, 0) is 41.7 Å². The SMILES string of the molecule is Clc1ccc(CN2CCN3C[C@H]2CC[C@@H]3C(c2ccccc2)c2ccccc2)cc1Cl. The maximum Gasteiger partial charge on any atom is 0.0595 e. The Hall–Kier alpha value is -1.84. The number of halogens is 2. The number of piperidine rings is 1. The number of hydrogen-bond acceptors (Lipinski definition) is 2. The van der Waals surface area contributed by atoms with Crippen LogP contribution in [0.5, 0.6) is 0 Å². The predicted molar refractivity (Wildman–Crippen MR) is 130 cm³/mol. The van der Waals surface area contributed by atoms with Gasteiger partial charge in [-0.3, -0.25) is 9.80 Å². The van der Waals surface area contributed by atoms with Crippen molar-refractivity contribution in [2.45, 2.75) is 37.4 Å². The van der Waals surface area contributed by atoms with E-state index in [0.29, 0.717) is 28.0 Å². The highest BCUT2D eigenvalue weighted by atomic mass is 35.5. The molecule has 0 radical (unpaired) electrons. The van der Waals surface area contributed by atoms with Gasteiger partial charge in [-0.2, -0.15) is 0 Å². The lowest BCUT2D eigenvalue weighted by Crippen LogP contribution is -2.60. The predicted octanol–water partition coefficient (Wildman–Crippen LogP) is 6.47. The molecule has 3 atom stereocenters. The second-order valence-electron chi connectivity index (χ2n) is 8.81. The summed E-state index contributed by atoms with van der Waals surface area (Å²) < 4.78 is 0. The van der Waals surface area contributed by atoms with Gasteiger partial charge in [-0.25, -0.2) is 0 Å². The van der Waals surface area contributed by atoms with Gasteiger partial charge in [0.1, 0.15) is 0 Å². The number of hydrogen-bond donors (Lipinski definition) is 0. The quantitative estimate of drug-likeness (QED) is 0.439. The Morgan fingerprint density at radius 1 is 0.774 bits per heavy atom. The van der Waals surface area contributed by atoms with Crippen LogP contribution >= 0.6 is 23.2 Å². The van der Waals surface area contributed by atoms with E-state index in [1.54, 1.807) is 0 Å². The molecule has 2 aliphatic heterocycles. The minimum absolute atomic E-state index is 0.421. The third kappa shape index (κ3) is 4.54. The molecule has 1 unspecified atom stereocenters. The van der Waals surface area contributed by atoms with E-state index in [1.807, 2.05) is 12.1 Å². The third-order valence-electron chi connectivity index (χ3n) is 6.97. The molecule has 160 valence electrons. The minimum Gasteiger partial charge on any atom is -0.297 e. The highest BCUT2D eigenvalue weighted by Crippen LogP contribution is 2.38. The molecule has 0 N–H and O–H groups in total. The average molecular weight is 451 g/mol. The first kappa shape index (κ1) is 21.0. The normalized spacial score (nSPS) is 23.8. The molecule has 0 saturated carbocycles. The molecule has 4 heteroatoms. The smallest absolute Gasteiger partial charge is 0.0595 e. The fourth-order valence-corrected chi connectivity index (χ4v) is 5.77. The molecule has 3 aromatic rings. The average Bonchev–Trinajstić information content (AvgIpc) is 2.81. The molecule has 2 aliphatic rings. The lowest BCUT2D eigenvalue weighted by Gasteiger charge is -2.51. The number of fused-ring (bicyclic) bond motifs is 2. The van der Waals surface area contributed by atoms with Crippen molar-refractivity contribution >= 4 is 23.2 Å². The molecule has 0 aliphatic carbocycles. The Kier molecular flexibility index (Phi) is 6.34. The summed E-state index contributed by atoms with van der Waals surface area (Å²) in [7, 11) is 0. The summed E-state index contributed by atoms with van der Waals surface area (Å²) in [4.78, 5) is 5.37. The van der Waals surface area contributed by atoms with Gasteiger partial charge in [0.05, 0.1) is 10.0 Å². The zero-order valence-electron chi connectivity index (χ0n) is 17.6. The van der Waals surface area contributed by atoms with Gasteiger partial charge < -0.3 is 0 Å². The Balaban J connectivity index is 1.34. The molecular formula is C27H28Cl2N2. The van der Waals surface area contributed by atoms with Crippen LogP contribution in [0.15, 0.2) is 78.9 Å². The van der Waals surface area contributed by atoms with Gasteiger partial charge >= 0.3 is 0 Å². The number of piperazine rings is 1. The molecule has 2 bridgehead atoms. The van der Waals surface area contributed by atoms with Crippen molar-refractivity contribution < 1.29 is 0 Å². The first-order valence-corrected chi connectivity index (χ1v) is 12.0. The van der Waals surface area contributed by atoms with Gasteiger partial charge in [-0.1, -0.05) is 89.9 Å². The molecular weight excluding hydrogens is 423 g/mol. The van der Waals surface area contributed by atoms with E-state index in [-0.39, 0.29) is 0 Å². The van der Waals surface area contributed by atoms with E-state index < -0.39 is 0 Å². The third-order valence-corrected chi connectivity index (χ3v) is 7.71. The Labute approximate surface area is 195 Å². The summed E-state index contributed by atoms with van der Waals surface area (Å²) in [5.41, 5.74) is 4.10. The molecule has 0 spiro atoms. The highest BCUT2D eigenvalue weighted by molar-refractivity contribution is 6.42. The van der Waals surface area contributed by atoms with E-state index in [4.69, 9.17) is 23.2 Å². The molecule has 0 amide bonds. The second kappa shape index (κ2) is 9.34. The van der Waals surface area contributed by atoms with E-state index in [1.165, 1.54) is 29.5 Å². The molecule has 2 nitrogen and oxygen atoms in total. The number of rotatable bonds is 5. The first-order valence-electron chi connectivity index (χ1n) is 11.2. The van der Waals surface area contributed by atoms with E-state index in [9.17, 15) is 0 Å². The zero-order valence-corrected chi connectivity index (χ0v) is 19.1. The molecule has 31 heavy (non-hydrogen) atoms. The largest absolute Gasteiger partial charge is 0.297 e. The van der Waals surface area contributed by atoms with Crippen LogP contribution in [-0.4, -0.2) is 41.5 Å². The van der Waals surface area contributed by atoms with Gasteiger partial charge in [0.2, 0.25) is 0 Å². The van der Waals surface area contributed by atoms with Gasteiger partial charge in [-0.15, -0.1) is 0 Å². The van der Waals surface area contributed by atoms with Crippen LogP contribution in [0.1, 0.15) is 35.4 Å². The fraction of sp³-hybridized carbons (Fsp3) is 0.333. The lowest BCUT2D eigenvalue weighted by molar-refractivity contribution is -0.00355.